The first-order valence-corrected chi connectivity index (χ1v) is 7.45. The molecule has 0 aliphatic heterocycles. The molecule has 19 heavy (non-hydrogen) atoms. The number of benzene rings is 1. The van der Waals surface area contributed by atoms with Gasteiger partial charge in [0.15, 0.2) is 0 Å². The summed E-state index contributed by atoms with van der Waals surface area (Å²) < 4.78 is 1.86. The molecule has 1 saturated carbocycles. The summed E-state index contributed by atoms with van der Waals surface area (Å²) in [5.41, 5.74) is 2.26. The number of rotatable bonds is 3. The molecule has 0 amide bonds. The quantitative estimate of drug-likeness (QED) is 0.787. The van der Waals surface area contributed by atoms with Gasteiger partial charge in [0, 0.05) is 10.9 Å². The Balaban J connectivity index is 1.81. The third-order valence-electron chi connectivity index (χ3n) is 3.74. The highest BCUT2D eigenvalue weighted by Crippen LogP contribution is 2.34. The number of hydrogen-bond donors (Lipinski definition) is 0. The molecule has 1 aliphatic carbocycles. The average Bonchev–Trinajstić information content (AvgIpc) is 3.00. The van der Waals surface area contributed by atoms with Crippen molar-refractivity contribution in [2.24, 2.45) is 0 Å². The Morgan fingerprint density at radius 1 is 1.16 bits per heavy atom. The summed E-state index contributed by atoms with van der Waals surface area (Å²) in [6, 6.07) is 9.84. The van der Waals surface area contributed by atoms with Gasteiger partial charge in [-0.15, -0.1) is 0 Å². The molecule has 1 fully saturated rings. The lowest BCUT2D eigenvalue weighted by Gasteiger charge is -2.05. The smallest absolute Gasteiger partial charge is 0.127 e. The van der Waals surface area contributed by atoms with Crippen LogP contribution in [0.5, 0.6) is 0 Å². The summed E-state index contributed by atoms with van der Waals surface area (Å²) in [5.74, 6) is 0.595. The Morgan fingerprint density at radius 2 is 1.95 bits per heavy atom. The van der Waals surface area contributed by atoms with Crippen LogP contribution in [0.15, 0.2) is 30.3 Å². The van der Waals surface area contributed by atoms with E-state index in [2.05, 4.69) is 5.10 Å². The molecule has 0 atom stereocenters. The molecule has 0 N–H and O–H groups in total. The lowest BCUT2D eigenvalue weighted by molar-refractivity contribution is 0.629. The molecule has 0 saturated heterocycles. The minimum Gasteiger partial charge on any atom is -0.249 e. The Morgan fingerprint density at radius 3 is 2.68 bits per heavy atom. The first kappa shape index (κ1) is 13.0. The predicted molar refractivity (Wildman–Crippen MR) is 79.0 cm³/mol. The van der Waals surface area contributed by atoms with E-state index in [4.69, 9.17) is 23.2 Å². The van der Waals surface area contributed by atoms with E-state index in [1.807, 2.05) is 35.0 Å². The SMILES string of the molecule is Clc1cccc(Cn2nc(C3CCCC3)cc2Cl)c1. The van der Waals surface area contributed by atoms with Crippen LogP contribution in [0.25, 0.3) is 0 Å². The fraction of sp³-hybridized carbons (Fsp3) is 0.400. The van der Waals surface area contributed by atoms with E-state index in [1.165, 1.54) is 25.7 Å². The molecule has 1 aliphatic rings. The van der Waals surface area contributed by atoms with Crippen LogP contribution in [0.1, 0.15) is 42.9 Å². The Bertz CT molecular complexity index is 571. The summed E-state index contributed by atoms with van der Waals surface area (Å²) in [6.07, 6.45) is 5.10. The molecule has 2 nitrogen and oxygen atoms in total. The number of nitrogens with zero attached hydrogens (tertiary/aromatic N) is 2. The zero-order valence-electron chi connectivity index (χ0n) is 10.6. The van der Waals surface area contributed by atoms with E-state index in [0.29, 0.717) is 17.6 Å². The molecule has 0 spiro atoms. The fourth-order valence-corrected chi connectivity index (χ4v) is 3.18. The molecule has 0 unspecified atom stereocenters. The minimum atomic E-state index is 0.595. The highest BCUT2D eigenvalue weighted by molar-refractivity contribution is 6.30. The zero-order valence-corrected chi connectivity index (χ0v) is 12.2. The molecule has 100 valence electrons. The summed E-state index contributed by atoms with van der Waals surface area (Å²) in [7, 11) is 0. The van der Waals surface area contributed by atoms with Crippen molar-refractivity contribution in [2.75, 3.05) is 0 Å². The van der Waals surface area contributed by atoms with Crippen molar-refractivity contribution in [2.45, 2.75) is 38.1 Å². The maximum absolute atomic E-state index is 6.28. The molecule has 1 heterocycles. The monoisotopic (exact) mass is 294 g/mol. The van der Waals surface area contributed by atoms with Gasteiger partial charge in [0.05, 0.1) is 12.2 Å². The van der Waals surface area contributed by atoms with Gasteiger partial charge in [0.25, 0.3) is 0 Å². The van der Waals surface area contributed by atoms with Crippen molar-refractivity contribution in [1.82, 2.24) is 9.78 Å². The topological polar surface area (TPSA) is 17.8 Å². The first-order chi connectivity index (χ1) is 9.22. The van der Waals surface area contributed by atoms with Crippen molar-refractivity contribution in [1.29, 1.82) is 0 Å². The van der Waals surface area contributed by atoms with Crippen LogP contribution in [0.2, 0.25) is 10.2 Å². The van der Waals surface area contributed by atoms with Gasteiger partial charge in [0.1, 0.15) is 5.15 Å². The van der Waals surface area contributed by atoms with Crippen LogP contribution >= 0.6 is 23.2 Å². The van der Waals surface area contributed by atoms with Gasteiger partial charge in [-0.1, -0.05) is 48.2 Å². The molecule has 1 aromatic heterocycles. The lowest BCUT2D eigenvalue weighted by atomic mass is 10.1. The van der Waals surface area contributed by atoms with Crippen LogP contribution in [-0.4, -0.2) is 9.78 Å². The summed E-state index contributed by atoms with van der Waals surface area (Å²) in [4.78, 5) is 0. The number of aromatic nitrogens is 2. The third kappa shape index (κ3) is 2.96. The molecule has 4 heteroatoms. The highest BCUT2D eigenvalue weighted by Gasteiger charge is 2.20. The maximum Gasteiger partial charge on any atom is 0.127 e. The van der Waals surface area contributed by atoms with E-state index >= 15 is 0 Å². The van der Waals surface area contributed by atoms with Crippen LogP contribution in [0.3, 0.4) is 0 Å². The van der Waals surface area contributed by atoms with Gasteiger partial charge in [-0.05, 0) is 36.6 Å². The van der Waals surface area contributed by atoms with Gasteiger partial charge < -0.3 is 0 Å². The number of halogens is 2. The molecule has 2 aromatic rings. The second kappa shape index (κ2) is 5.56. The van der Waals surface area contributed by atoms with Gasteiger partial charge >= 0.3 is 0 Å². The molecule has 0 radical (unpaired) electrons. The third-order valence-corrected chi connectivity index (χ3v) is 4.28. The fourth-order valence-electron chi connectivity index (χ4n) is 2.75. The second-order valence-electron chi connectivity index (χ2n) is 5.16. The van der Waals surface area contributed by atoms with Crippen molar-refractivity contribution in [3.05, 3.63) is 51.8 Å². The van der Waals surface area contributed by atoms with Gasteiger partial charge in [-0.3, -0.25) is 0 Å². The standard InChI is InChI=1S/C15H16Cl2N2/c16-13-7-3-4-11(8-13)10-19-15(17)9-14(18-19)12-5-1-2-6-12/h3-4,7-9,12H,1-2,5-6,10H2. The van der Waals surface area contributed by atoms with Crippen molar-refractivity contribution in [3.63, 3.8) is 0 Å². The Labute approximate surface area is 123 Å². The normalized spacial score (nSPS) is 16.1. The van der Waals surface area contributed by atoms with E-state index in [-0.39, 0.29) is 0 Å². The molecular weight excluding hydrogens is 279 g/mol. The Hall–Kier alpha value is -0.990. The van der Waals surface area contributed by atoms with Crippen LogP contribution in [0, 0.1) is 0 Å². The van der Waals surface area contributed by atoms with Crippen LogP contribution in [-0.2, 0) is 6.54 Å². The summed E-state index contributed by atoms with van der Waals surface area (Å²) in [5, 5.41) is 6.12. The number of hydrogen-bond acceptors (Lipinski definition) is 1. The van der Waals surface area contributed by atoms with E-state index in [0.717, 1.165) is 16.3 Å². The largest absolute Gasteiger partial charge is 0.249 e. The first-order valence-electron chi connectivity index (χ1n) is 6.70. The molecule has 0 bridgehead atoms. The van der Waals surface area contributed by atoms with Crippen LogP contribution < -0.4 is 0 Å². The van der Waals surface area contributed by atoms with Gasteiger partial charge in [-0.2, -0.15) is 5.10 Å². The van der Waals surface area contributed by atoms with Gasteiger partial charge in [0.2, 0.25) is 0 Å². The lowest BCUT2D eigenvalue weighted by Crippen LogP contribution is -2.03. The maximum atomic E-state index is 6.28. The van der Waals surface area contributed by atoms with E-state index in [9.17, 15) is 0 Å². The summed E-state index contributed by atoms with van der Waals surface area (Å²) >= 11 is 12.3. The predicted octanol–water partition coefficient (Wildman–Crippen LogP) is 4.90. The highest BCUT2D eigenvalue weighted by atomic mass is 35.5. The van der Waals surface area contributed by atoms with Crippen molar-refractivity contribution >= 4 is 23.2 Å². The minimum absolute atomic E-state index is 0.595. The summed E-state index contributed by atoms with van der Waals surface area (Å²) in [6.45, 7) is 0.673. The van der Waals surface area contributed by atoms with Crippen molar-refractivity contribution in [3.8, 4) is 0 Å². The average molecular weight is 295 g/mol. The second-order valence-corrected chi connectivity index (χ2v) is 5.98. The van der Waals surface area contributed by atoms with Crippen molar-refractivity contribution < 1.29 is 0 Å². The van der Waals surface area contributed by atoms with Gasteiger partial charge in [-0.25, -0.2) is 4.68 Å². The molecule has 1 aromatic carbocycles. The molecular formula is C15H16Cl2N2. The Kier molecular flexibility index (Phi) is 3.81. The molecule has 3 rings (SSSR count). The van der Waals surface area contributed by atoms with E-state index < -0.39 is 0 Å². The van der Waals surface area contributed by atoms with E-state index in [1.54, 1.807) is 0 Å². The van der Waals surface area contributed by atoms with Crippen LogP contribution in [0.4, 0.5) is 0 Å². The zero-order chi connectivity index (χ0) is 13.2.